The van der Waals surface area contributed by atoms with Crippen LogP contribution < -0.4 is 4.74 Å². The van der Waals surface area contributed by atoms with Crippen molar-refractivity contribution < 1.29 is 9.53 Å². The summed E-state index contributed by atoms with van der Waals surface area (Å²) in [5.74, 6) is 0.907. The molecule has 1 heterocycles. The van der Waals surface area contributed by atoms with Crippen LogP contribution in [0.5, 0.6) is 5.75 Å². The molecule has 0 amide bonds. The molecule has 0 spiro atoms. The van der Waals surface area contributed by atoms with Crippen LogP contribution in [0.15, 0.2) is 36.5 Å². The number of hydrogen-bond donors (Lipinski definition) is 0. The van der Waals surface area contributed by atoms with Crippen LogP contribution >= 0.6 is 0 Å². The van der Waals surface area contributed by atoms with E-state index in [9.17, 15) is 4.79 Å². The molecular formula is C17H22N2O2. The Morgan fingerprint density at radius 2 is 2.05 bits per heavy atom. The van der Waals surface area contributed by atoms with Gasteiger partial charge in [-0.1, -0.05) is 25.1 Å². The predicted molar refractivity (Wildman–Crippen MR) is 82.6 cm³/mol. The van der Waals surface area contributed by atoms with Crippen LogP contribution in [0, 0.1) is 0 Å². The Morgan fingerprint density at radius 3 is 2.76 bits per heavy atom. The van der Waals surface area contributed by atoms with Crippen LogP contribution in [0.4, 0.5) is 0 Å². The second kappa shape index (κ2) is 7.07. The number of hydrogen-bond acceptors (Lipinski definition) is 3. The number of nitrogens with zero attached hydrogens (tertiary/aromatic N) is 2. The van der Waals surface area contributed by atoms with Crippen molar-refractivity contribution >= 4 is 5.78 Å². The molecule has 0 saturated carbocycles. The van der Waals surface area contributed by atoms with E-state index in [0.29, 0.717) is 18.9 Å². The minimum absolute atomic E-state index is 0.147. The number of Topliss-reactive ketones (excluding diaryl/α,β-unsaturated/α-hetero) is 1. The number of ketones is 1. The molecule has 0 aliphatic rings. The molecule has 0 radical (unpaired) electrons. The van der Waals surface area contributed by atoms with E-state index in [1.807, 2.05) is 41.2 Å². The van der Waals surface area contributed by atoms with Crippen LogP contribution in [-0.4, -0.2) is 22.7 Å². The van der Waals surface area contributed by atoms with Gasteiger partial charge in [0.15, 0.2) is 0 Å². The maximum atomic E-state index is 12.2. The molecule has 0 aliphatic carbocycles. The predicted octanol–water partition coefficient (Wildman–Crippen LogP) is 3.22. The van der Waals surface area contributed by atoms with Gasteiger partial charge in [0, 0.05) is 24.2 Å². The number of ether oxygens (including phenoxy) is 1. The Hall–Kier alpha value is -2.10. The summed E-state index contributed by atoms with van der Waals surface area (Å²) in [7, 11) is 1.62. The fourth-order valence-electron chi connectivity index (χ4n) is 2.23. The van der Waals surface area contributed by atoms with E-state index >= 15 is 0 Å². The summed E-state index contributed by atoms with van der Waals surface area (Å²) in [5.41, 5.74) is 1.75. The Bertz CT molecular complexity index is 604. The normalized spacial score (nSPS) is 12.1. The molecule has 0 aliphatic heterocycles. The zero-order valence-electron chi connectivity index (χ0n) is 12.9. The van der Waals surface area contributed by atoms with Crippen LogP contribution in [0.2, 0.25) is 0 Å². The standard InChI is InChI=1S/C17H22N2O2/c1-4-13(2)19-10-9-15(18-19)12-16(20)11-14-7-5-6-8-17(14)21-3/h5-10,13H,4,11-12H2,1-3H3. The van der Waals surface area contributed by atoms with E-state index < -0.39 is 0 Å². The first-order valence-electron chi connectivity index (χ1n) is 7.31. The Labute approximate surface area is 125 Å². The summed E-state index contributed by atoms with van der Waals surface area (Å²) in [6, 6.07) is 9.91. The SMILES string of the molecule is CCC(C)n1ccc(CC(=O)Cc2ccccc2OC)n1. The number of rotatable bonds is 7. The van der Waals surface area contributed by atoms with Crippen molar-refractivity contribution in [1.82, 2.24) is 9.78 Å². The van der Waals surface area contributed by atoms with Crippen LogP contribution in [0.3, 0.4) is 0 Å². The van der Waals surface area contributed by atoms with Crippen LogP contribution in [0.25, 0.3) is 0 Å². The molecule has 1 aromatic heterocycles. The largest absolute Gasteiger partial charge is 0.496 e. The fourth-order valence-corrected chi connectivity index (χ4v) is 2.23. The zero-order chi connectivity index (χ0) is 15.2. The average Bonchev–Trinajstić information content (AvgIpc) is 2.95. The molecule has 4 heteroatoms. The summed E-state index contributed by atoms with van der Waals surface area (Å²) >= 11 is 0. The van der Waals surface area contributed by atoms with Gasteiger partial charge in [-0.05, 0) is 25.5 Å². The van der Waals surface area contributed by atoms with Gasteiger partial charge in [-0.15, -0.1) is 0 Å². The molecule has 0 bridgehead atoms. The van der Waals surface area contributed by atoms with Crippen molar-refractivity contribution in [3.05, 3.63) is 47.8 Å². The molecule has 0 fully saturated rings. The lowest BCUT2D eigenvalue weighted by molar-refractivity contribution is -0.117. The van der Waals surface area contributed by atoms with E-state index in [1.165, 1.54) is 0 Å². The van der Waals surface area contributed by atoms with Crippen molar-refractivity contribution in [1.29, 1.82) is 0 Å². The summed E-state index contributed by atoms with van der Waals surface area (Å²) in [6.45, 7) is 4.24. The van der Waals surface area contributed by atoms with Gasteiger partial charge in [-0.2, -0.15) is 5.10 Å². The first kappa shape index (κ1) is 15.3. The van der Waals surface area contributed by atoms with Crippen molar-refractivity contribution in [2.45, 2.75) is 39.2 Å². The Morgan fingerprint density at radius 1 is 1.29 bits per heavy atom. The average molecular weight is 286 g/mol. The van der Waals surface area contributed by atoms with Gasteiger partial charge in [0.2, 0.25) is 0 Å². The highest BCUT2D eigenvalue weighted by Gasteiger charge is 2.11. The Kier molecular flexibility index (Phi) is 5.14. The summed E-state index contributed by atoms with van der Waals surface area (Å²) < 4.78 is 7.20. The van der Waals surface area contributed by atoms with E-state index in [2.05, 4.69) is 18.9 Å². The van der Waals surface area contributed by atoms with Crippen molar-refractivity contribution in [2.75, 3.05) is 7.11 Å². The van der Waals surface area contributed by atoms with Gasteiger partial charge in [0.05, 0.1) is 19.2 Å². The van der Waals surface area contributed by atoms with Gasteiger partial charge in [-0.25, -0.2) is 0 Å². The van der Waals surface area contributed by atoms with E-state index in [-0.39, 0.29) is 5.78 Å². The van der Waals surface area contributed by atoms with Gasteiger partial charge in [-0.3, -0.25) is 9.48 Å². The molecule has 0 saturated heterocycles. The molecular weight excluding hydrogens is 264 g/mol. The monoisotopic (exact) mass is 286 g/mol. The molecule has 1 atom stereocenters. The lowest BCUT2D eigenvalue weighted by Crippen LogP contribution is -2.10. The highest BCUT2D eigenvalue weighted by Crippen LogP contribution is 2.18. The maximum absolute atomic E-state index is 12.2. The highest BCUT2D eigenvalue weighted by molar-refractivity contribution is 5.83. The smallest absolute Gasteiger partial charge is 0.143 e. The van der Waals surface area contributed by atoms with Crippen LogP contribution in [-0.2, 0) is 17.6 Å². The van der Waals surface area contributed by atoms with Crippen LogP contribution in [0.1, 0.15) is 37.6 Å². The van der Waals surface area contributed by atoms with Gasteiger partial charge in [0.25, 0.3) is 0 Å². The number of benzene rings is 1. The van der Waals surface area contributed by atoms with Crippen molar-refractivity contribution in [3.63, 3.8) is 0 Å². The topological polar surface area (TPSA) is 44.1 Å². The van der Waals surface area contributed by atoms with E-state index in [0.717, 1.165) is 23.4 Å². The molecule has 112 valence electrons. The highest BCUT2D eigenvalue weighted by atomic mass is 16.5. The summed E-state index contributed by atoms with van der Waals surface area (Å²) in [5, 5.41) is 4.47. The van der Waals surface area contributed by atoms with Crippen molar-refractivity contribution in [3.8, 4) is 5.75 Å². The molecule has 2 aromatic rings. The molecule has 21 heavy (non-hydrogen) atoms. The third-order valence-corrected chi connectivity index (χ3v) is 3.66. The number of aromatic nitrogens is 2. The van der Waals surface area contributed by atoms with Gasteiger partial charge in [0.1, 0.15) is 11.5 Å². The number of carbonyl (C=O) groups is 1. The second-order valence-electron chi connectivity index (χ2n) is 5.25. The quantitative estimate of drug-likeness (QED) is 0.785. The van der Waals surface area contributed by atoms with E-state index in [1.54, 1.807) is 7.11 Å². The molecule has 4 nitrogen and oxygen atoms in total. The minimum atomic E-state index is 0.147. The van der Waals surface area contributed by atoms with E-state index in [4.69, 9.17) is 4.74 Å². The fraction of sp³-hybridized carbons (Fsp3) is 0.412. The molecule has 0 N–H and O–H groups in total. The molecule has 2 rings (SSSR count). The summed E-state index contributed by atoms with van der Waals surface area (Å²) in [4.78, 5) is 12.2. The molecule has 1 unspecified atom stereocenters. The maximum Gasteiger partial charge on any atom is 0.143 e. The minimum Gasteiger partial charge on any atom is -0.496 e. The number of methoxy groups -OCH3 is 1. The van der Waals surface area contributed by atoms with Gasteiger partial charge >= 0.3 is 0 Å². The third-order valence-electron chi connectivity index (χ3n) is 3.66. The molecule has 1 aromatic carbocycles. The number of para-hydroxylation sites is 1. The second-order valence-corrected chi connectivity index (χ2v) is 5.25. The van der Waals surface area contributed by atoms with Crippen molar-refractivity contribution in [2.24, 2.45) is 0 Å². The number of carbonyl (C=O) groups excluding carboxylic acids is 1. The summed E-state index contributed by atoms with van der Waals surface area (Å²) in [6.07, 6.45) is 3.71. The lowest BCUT2D eigenvalue weighted by atomic mass is 10.0. The third kappa shape index (κ3) is 3.94. The van der Waals surface area contributed by atoms with Gasteiger partial charge < -0.3 is 4.74 Å². The first-order valence-corrected chi connectivity index (χ1v) is 7.31. The zero-order valence-corrected chi connectivity index (χ0v) is 12.9. The first-order chi connectivity index (χ1) is 10.1. The lowest BCUT2D eigenvalue weighted by Gasteiger charge is -2.08. The Balaban J connectivity index is 2.00.